The minimum atomic E-state index is -4.66. The van der Waals surface area contributed by atoms with E-state index >= 15 is 0 Å². The summed E-state index contributed by atoms with van der Waals surface area (Å²) >= 11 is 1.19. The van der Waals surface area contributed by atoms with Crippen molar-refractivity contribution < 1.29 is 45.5 Å². The summed E-state index contributed by atoms with van der Waals surface area (Å²) in [5.74, 6) is -1.21. The lowest BCUT2D eigenvalue weighted by molar-refractivity contribution is -0.141. The molecule has 3 rings (SSSR count). The van der Waals surface area contributed by atoms with E-state index < -0.39 is 54.0 Å². The average Bonchev–Trinajstić information content (AvgIpc) is 2.96. The van der Waals surface area contributed by atoms with E-state index in [1.54, 1.807) is 26.8 Å². The molecule has 1 aromatic carbocycles. The highest BCUT2D eigenvalue weighted by Gasteiger charge is 2.35. The zero-order valence-electron chi connectivity index (χ0n) is 22.3. The molecule has 15 heteroatoms. The van der Waals surface area contributed by atoms with Crippen LogP contribution < -0.4 is 15.5 Å². The minimum absolute atomic E-state index is 0.0539. The molecule has 2 heterocycles. The first-order valence-electron chi connectivity index (χ1n) is 12.4. The van der Waals surface area contributed by atoms with Crippen LogP contribution in [-0.4, -0.2) is 53.0 Å². The van der Waals surface area contributed by atoms with Crippen LogP contribution in [-0.2, 0) is 22.3 Å². The molecule has 1 atom stereocenters. The van der Waals surface area contributed by atoms with Gasteiger partial charge in [0.05, 0.1) is 12.2 Å². The van der Waals surface area contributed by atoms with Crippen LogP contribution in [0.2, 0.25) is 0 Å². The Kier molecular flexibility index (Phi) is 9.82. The molecule has 2 aromatic rings. The van der Waals surface area contributed by atoms with Crippen LogP contribution in [0.3, 0.4) is 0 Å². The molecular weight excluding hydrogens is 578 g/mol. The molecule has 8 nitrogen and oxygen atoms in total. The number of fused-ring (bicyclic) bond motifs is 1. The van der Waals surface area contributed by atoms with Gasteiger partial charge in [0.1, 0.15) is 17.3 Å². The third-order valence-electron chi connectivity index (χ3n) is 5.55. The monoisotopic (exact) mass is 606 g/mol. The number of alkyl carbamates (subject to hydrolysis) is 1. The van der Waals surface area contributed by atoms with Gasteiger partial charge in [-0.15, -0.1) is 11.8 Å². The Bertz CT molecular complexity index is 1260. The van der Waals surface area contributed by atoms with Crippen LogP contribution >= 0.6 is 11.8 Å². The zero-order chi connectivity index (χ0) is 30.6. The molecule has 0 spiro atoms. The molecule has 1 aliphatic rings. The van der Waals surface area contributed by atoms with Gasteiger partial charge in [-0.25, -0.2) is 4.79 Å². The fourth-order valence-corrected chi connectivity index (χ4v) is 4.77. The number of rotatable bonds is 7. The number of hydrogen-bond acceptors (Lipinski definition) is 6. The van der Waals surface area contributed by atoms with Gasteiger partial charge in [-0.3, -0.25) is 14.6 Å². The standard InChI is InChI=1S/C26H28F6N4O4S/c1-24(2,3)40-23(39)35-17-14-41-19-7-6-16(21(37)33-10-4-9-25(27,28)29)11-18(19)36(22(17)38)13-15-5-8-20(34-12-15)26(30,31)32/h5-8,11-12,17H,4,9-10,13-14H2,1-3H3,(H,33,37)(H,35,39)/t17-/m0/s1. The predicted molar refractivity (Wildman–Crippen MR) is 138 cm³/mol. The van der Waals surface area contributed by atoms with Crippen molar-refractivity contribution in [3.8, 4) is 0 Å². The lowest BCUT2D eigenvalue weighted by Gasteiger charge is -2.27. The van der Waals surface area contributed by atoms with Crippen LogP contribution in [0.1, 0.15) is 55.2 Å². The maximum Gasteiger partial charge on any atom is 0.433 e. The number of nitrogens with zero attached hydrogens (tertiary/aromatic N) is 2. The van der Waals surface area contributed by atoms with Gasteiger partial charge in [0, 0.05) is 35.4 Å². The van der Waals surface area contributed by atoms with Crippen molar-refractivity contribution in [3.63, 3.8) is 0 Å². The number of hydrogen-bond donors (Lipinski definition) is 2. The fraction of sp³-hybridized carbons (Fsp3) is 0.462. The highest BCUT2D eigenvalue weighted by Crippen LogP contribution is 2.36. The highest BCUT2D eigenvalue weighted by atomic mass is 32.2. The number of anilines is 1. The molecule has 0 aliphatic carbocycles. The molecule has 224 valence electrons. The molecular formula is C26H28F6N4O4S. The van der Waals surface area contributed by atoms with Crippen molar-refractivity contribution in [2.45, 2.75) is 69.0 Å². The third-order valence-corrected chi connectivity index (χ3v) is 6.71. The smallest absolute Gasteiger partial charge is 0.433 e. The molecule has 1 aliphatic heterocycles. The topological polar surface area (TPSA) is 101 Å². The van der Waals surface area contributed by atoms with Crippen molar-refractivity contribution in [2.24, 2.45) is 0 Å². The Hall–Kier alpha value is -3.49. The summed E-state index contributed by atoms with van der Waals surface area (Å²) in [5, 5.41) is 4.93. The Morgan fingerprint density at radius 2 is 1.80 bits per heavy atom. The number of carbonyl (C=O) groups is 3. The first kappa shape index (κ1) is 32.0. The van der Waals surface area contributed by atoms with Gasteiger partial charge in [-0.1, -0.05) is 6.07 Å². The fourth-order valence-electron chi connectivity index (χ4n) is 3.72. The number of nitrogens with one attached hydrogen (secondary N) is 2. The molecule has 0 saturated carbocycles. The lowest BCUT2D eigenvalue weighted by atomic mass is 10.1. The third kappa shape index (κ3) is 9.54. The molecule has 1 aromatic heterocycles. The van der Waals surface area contributed by atoms with Crippen LogP contribution in [0.15, 0.2) is 41.4 Å². The summed E-state index contributed by atoms with van der Waals surface area (Å²) in [7, 11) is 0. The molecule has 2 N–H and O–H groups in total. The van der Waals surface area contributed by atoms with Crippen LogP contribution in [0.25, 0.3) is 0 Å². The van der Waals surface area contributed by atoms with Crippen LogP contribution in [0, 0.1) is 0 Å². The second-order valence-corrected chi connectivity index (χ2v) is 11.2. The highest BCUT2D eigenvalue weighted by molar-refractivity contribution is 7.99. The first-order chi connectivity index (χ1) is 18.9. The summed E-state index contributed by atoms with van der Waals surface area (Å²) in [6.45, 7) is 4.45. The second-order valence-electron chi connectivity index (χ2n) is 10.1. The number of ether oxygens (including phenoxy) is 1. The number of amides is 3. The second kappa shape index (κ2) is 12.6. The van der Waals surface area contributed by atoms with Gasteiger partial charge in [-0.2, -0.15) is 26.3 Å². The normalized spacial score (nSPS) is 16.1. The van der Waals surface area contributed by atoms with E-state index in [-0.39, 0.29) is 42.1 Å². The molecule has 0 saturated heterocycles. The number of pyridine rings is 1. The Labute approximate surface area is 236 Å². The lowest BCUT2D eigenvalue weighted by Crippen LogP contribution is -2.50. The van der Waals surface area contributed by atoms with Gasteiger partial charge in [-0.05, 0) is 57.0 Å². The molecule has 0 bridgehead atoms. The first-order valence-corrected chi connectivity index (χ1v) is 13.4. The van der Waals surface area contributed by atoms with E-state index in [4.69, 9.17) is 4.74 Å². The number of halogens is 6. The largest absolute Gasteiger partial charge is 0.444 e. The number of alkyl halides is 6. The van der Waals surface area contributed by atoms with Crippen molar-refractivity contribution in [1.82, 2.24) is 15.6 Å². The van der Waals surface area contributed by atoms with Gasteiger partial charge in [0.2, 0.25) is 0 Å². The number of carbonyl (C=O) groups excluding carboxylic acids is 3. The van der Waals surface area contributed by atoms with Gasteiger partial charge < -0.3 is 20.3 Å². The Morgan fingerprint density at radius 1 is 1.10 bits per heavy atom. The predicted octanol–water partition coefficient (Wildman–Crippen LogP) is 5.70. The molecule has 0 unspecified atom stereocenters. The van der Waals surface area contributed by atoms with E-state index in [0.717, 1.165) is 18.3 Å². The van der Waals surface area contributed by atoms with Crippen molar-refractivity contribution in [1.29, 1.82) is 0 Å². The molecule has 0 radical (unpaired) electrons. The van der Waals surface area contributed by atoms with Crippen molar-refractivity contribution in [3.05, 3.63) is 53.3 Å². The molecule has 0 fully saturated rings. The Balaban J connectivity index is 1.90. The summed E-state index contributed by atoms with van der Waals surface area (Å²) in [6.07, 6.45) is -10.3. The Morgan fingerprint density at radius 3 is 2.39 bits per heavy atom. The molecule has 3 amide bonds. The minimum Gasteiger partial charge on any atom is -0.444 e. The maximum atomic E-state index is 13.7. The van der Waals surface area contributed by atoms with Crippen molar-refractivity contribution >= 4 is 35.4 Å². The average molecular weight is 607 g/mol. The van der Waals surface area contributed by atoms with E-state index in [2.05, 4.69) is 15.6 Å². The van der Waals surface area contributed by atoms with E-state index in [1.807, 2.05) is 0 Å². The van der Waals surface area contributed by atoms with Gasteiger partial charge in [0.15, 0.2) is 0 Å². The summed E-state index contributed by atoms with van der Waals surface area (Å²) in [5.41, 5.74) is -1.44. The number of aromatic nitrogens is 1. The quantitative estimate of drug-likeness (QED) is 0.310. The maximum absolute atomic E-state index is 13.7. The van der Waals surface area contributed by atoms with E-state index in [9.17, 15) is 40.7 Å². The van der Waals surface area contributed by atoms with Crippen molar-refractivity contribution in [2.75, 3.05) is 17.2 Å². The van der Waals surface area contributed by atoms with E-state index in [0.29, 0.717) is 4.90 Å². The SMILES string of the molecule is CC(C)(C)OC(=O)N[C@H]1CSc2ccc(C(=O)NCCCC(F)(F)F)cc2N(Cc2ccc(C(F)(F)F)nc2)C1=O. The number of thioether (sulfide) groups is 1. The van der Waals surface area contributed by atoms with E-state index in [1.165, 1.54) is 28.8 Å². The summed E-state index contributed by atoms with van der Waals surface area (Å²) < 4.78 is 81.5. The zero-order valence-corrected chi connectivity index (χ0v) is 23.1. The number of benzene rings is 1. The summed E-state index contributed by atoms with van der Waals surface area (Å²) in [6, 6.07) is 5.19. The van der Waals surface area contributed by atoms with Crippen LogP contribution in [0.5, 0.6) is 0 Å². The van der Waals surface area contributed by atoms with Crippen LogP contribution in [0.4, 0.5) is 36.8 Å². The van der Waals surface area contributed by atoms with Gasteiger partial charge in [0.25, 0.3) is 11.8 Å². The summed E-state index contributed by atoms with van der Waals surface area (Å²) in [4.78, 5) is 43.9. The van der Waals surface area contributed by atoms with Gasteiger partial charge >= 0.3 is 18.4 Å². The molecule has 41 heavy (non-hydrogen) atoms.